The first-order valence-corrected chi connectivity index (χ1v) is 6.97. The highest BCUT2D eigenvalue weighted by Gasteiger charge is 2.11. The van der Waals surface area contributed by atoms with E-state index in [1.807, 2.05) is 24.0 Å². The van der Waals surface area contributed by atoms with Crippen molar-refractivity contribution in [2.24, 2.45) is 4.99 Å². The van der Waals surface area contributed by atoms with Crippen LogP contribution in [0.3, 0.4) is 0 Å². The van der Waals surface area contributed by atoms with Gasteiger partial charge in [0.2, 0.25) is 0 Å². The number of hydrogen-bond acceptors (Lipinski definition) is 2. The predicted molar refractivity (Wildman–Crippen MR) is 78.2 cm³/mol. The van der Waals surface area contributed by atoms with Gasteiger partial charge in [-0.2, -0.15) is 5.10 Å². The van der Waals surface area contributed by atoms with Gasteiger partial charge >= 0.3 is 0 Å². The molecule has 1 aliphatic carbocycles. The maximum absolute atomic E-state index is 4.59. The third kappa shape index (κ3) is 4.43. The van der Waals surface area contributed by atoms with Crippen LogP contribution < -0.4 is 10.6 Å². The lowest BCUT2D eigenvalue weighted by molar-refractivity contribution is 0.608. The van der Waals surface area contributed by atoms with E-state index < -0.39 is 0 Å². The van der Waals surface area contributed by atoms with Gasteiger partial charge in [0, 0.05) is 18.8 Å². The Labute approximate surface area is 114 Å². The van der Waals surface area contributed by atoms with Crippen LogP contribution >= 0.6 is 0 Å². The summed E-state index contributed by atoms with van der Waals surface area (Å²) in [4.78, 5) is 4.59. The van der Waals surface area contributed by atoms with Gasteiger partial charge in [-0.15, -0.1) is 0 Å². The minimum Gasteiger partial charge on any atom is -0.357 e. The quantitative estimate of drug-likeness (QED) is 0.479. The Kier molecular flexibility index (Phi) is 5.01. The van der Waals surface area contributed by atoms with E-state index in [1.54, 1.807) is 0 Å². The first kappa shape index (κ1) is 13.6. The van der Waals surface area contributed by atoms with Gasteiger partial charge < -0.3 is 10.6 Å². The lowest BCUT2D eigenvalue weighted by atomic mass is 10.2. The van der Waals surface area contributed by atoms with Crippen LogP contribution in [0.2, 0.25) is 0 Å². The van der Waals surface area contributed by atoms with Gasteiger partial charge in [0.15, 0.2) is 5.96 Å². The second-order valence-electron chi connectivity index (χ2n) is 4.83. The SMILES string of the molecule is CCNC(=NCCn1cc(C)cn1)NC1CC=CC1. The molecule has 0 saturated heterocycles. The molecule has 19 heavy (non-hydrogen) atoms. The average Bonchev–Trinajstić information content (AvgIpc) is 3.01. The lowest BCUT2D eigenvalue weighted by Crippen LogP contribution is -2.42. The van der Waals surface area contributed by atoms with Crippen molar-refractivity contribution in [1.82, 2.24) is 20.4 Å². The van der Waals surface area contributed by atoms with Crippen LogP contribution in [0, 0.1) is 6.92 Å². The molecule has 1 aliphatic rings. The number of aryl methyl sites for hydroxylation is 1. The molecule has 0 bridgehead atoms. The van der Waals surface area contributed by atoms with Gasteiger partial charge in [0.05, 0.1) is 19.3 Å². The Bertz CT molecular complexity index is 438. The Hall–Kier alpha value is -1.78. The van der Waals surface area contributed by atoms with E-state index >= 15 is 0 Å². The molecule has 0 fully saturated rings. The lowest BCUT2D eigenvalue weighted by Gasteiger charge is -2.16. The summed E-state index contributed by atoms with van der Waals surface area (Å²) in [5.74, 6) is 0.903. The largest absolute Gasteiger partial charge is 0.357 e. The fourth-order valence-electron chi connectivity index (χ4n) is 2.10. The zero-order chi connectivity index (χ0) is 13.5. The zero-order valence-corrected chi connectivity index (χ0v) is 11.8. The number of nitrogens with zero attached hydrogens (tertiary/aromatic N) is 3. The van der Waals surface area contributed by atoms with Gasteiger partial charge in [-0.3, -0.25) is 9.67 Å². The van der Waals surface area contributed by atoms with Crippen molar-refractivity contribution in [3.05, 3.63) is 30.1 Å². The van der Waals surface area contributed by atoms with E-state index in [1.165, 1.54) is 5.56 Å². The third-order valence-corrected chi connectivity index (χ3v) is 3.05. The molecule has 1 aromatic heterocycles. The van der Waals surface area contributed by atoms with Crippen molar-refractivity contribution < 1.29 is 0 Å². The van der Waals surface area contributed by atoms with Crippen molar-refractivity contribution >= 4 is 5.96 Å². The summed E-state index contributed by atoms with van der Waals surface area (Å²) in [5.41, 5.74) is 1.19. The molecule has 0 radical (unpaired) electrons. The molecule has 0 spiro atoms. The Morgan fingerprint density at radius 3 is 2.89 bits per heavy atom. The summed E-state index contributed by atoms with van der Waals surface area (Å²) in [6, 6.07) is 0.491. The molecule has 2 rings (SSSR count). The topological polar surface area (TPSA) is 54.2 Å². The summed E-state index contributed by atoms with van der Waals surface area (Å²) in [6.07, 6.45) is 10.5. The molecule has 2 N–H and O–H groups in total. The van der Waals surface area contributed by atoms with Crippen LogP contribution in [0.25, 0.3) is 0 Å². The summed E-state index contributed by atoms with van der Waals surface area (Å²) in [6.45, 7) is 6.56. The van der Waals surface area contributed by atoms with E-state index in [0.717, 1.165) is 38.4 Å². The van der Waals surface area contributed by atoms with Crippen molar-refractivity contribution in [2.45, 2.75) is 39.3 Å². The first-order chi connectivity index (χ1) is 9.28. The molecule has 1 heterocycles. The van der Waals surface area contributed by atoms with Gasteiger partial charge in [-0.25, -0.2) is 0 Å². The van der Waals surface area contributed by atoms with E-state index in [-0.39, 0.29) is 0 Å². The fourth-order valence-corrected chi connectivity index (χ4v) is 2.10. The highest BCUT2D eigenvalue weighted by molar-refractivity contribution is 5.80. The molecule has 0 atom stereocenters. The van der Waals surface area contributed by atoms with Crippen LogP contribution in [0.1, 0.15) is 25.3 Å². The zero-order valence-electron chi connectivity index (χ0n) is 11.8. The summed E-state index contributed by atoms with van der Waals surface area (Å²) in [5, 5.41) is 11.0. The molecule has 104 valence electrons. The van der Waals surface area contributed by atoms with Crippen molar-refractivity contribution in [3.8, 4) is 0 Å². The molecule has 5 heteroatoms. The number of guanidine groups is 1. The molecular weight excluding hydrogens is 238 g/mol. The predicted octanol–water partition coefficient (Wildman–Crippen LogP) is 1.47. The molecule has 0 aliphatic heterocycles. The van der Waals surface area contributed by atoms with Crippen molar-refractivity contribution in [2.75, 3.05) is 13.1 Å². The molecule has 0 aromatic carbocycles. The van der Waals surface area contributed by atoms with Gasteiger partial charge in [-0.1, -0.05) is 12.2 Å². The van der Waals surface area contributed by atoms with Crippen LogP contribution in [0.15, 0.2) is 29.5 Å². The number of rotatable bonds is 5. The standard InChI is InChI=1S/C14H23N5/c1-3-15-14(18-13-6-4-5-7-13)16-8-9-19-11-12(2)10-17-19/h4-5,10-11,13H,3,6-9H2,1-2H3,(H2,15,16,18). The summed E-state index contributed by atoms with van der Waals surface area (Å²) in [7, 11) is 0. The fraction of sp³-hybridized carbons (Fsp3) is 0.571. The number of hydrogen-bond donors (Lipinski definition) is 2. The van der Waals surface area contributed by atoms with Gasteiger partial charge in [0.1, 0.15) is 0 Å². The minimum atomic E-state index is 0.491. The summed E-state index contributed by atoms with van der Waals surface area (Å²) < 4.78 is 1.93. The Morgan fingerprint density at radius 2 is 2.26 bits per heavy atom. The maximum atomic E-state index is 4.59. The average molecular weight is 261 g/mol. The van der Waals surface area contributed by atoms with E-state index in [0.29, 0.717) is 6.04 Å². The molecule has 5 nitrogen and oxygen atoms in total. The molecular formula is C14H23N5. The molecule has 0 amide bonds. The Balaban J connectivity index is 1.81. The molecule has 0 saturated carbocycles. The number of aliphatic imine (C=N–C) groups is 1. The monoisotopic (exact) mass is 261 g/mol. The smallest absolute Gasteiger partial charge is 0.191 e. The number of aromatic nitrogens is 2. The second kappa shape index (κ2) is 6.97. The normalized spacial score (nSPS) is 16.0. The van der Waals surface area contributed by atoms with E-state index in [9.17, 15) is 0 Å². The van der Waals surface area contributed by atoms with Gasteiger partial charge in [-0.05, 0) is 32.3 Å². The summed E-state index contributed by atoms with van der Waals surface area (Å²) >= 11 is 0. The number of nitrogens with one attached hydrogen (secondary N) is 2. The van der Waals surface area contributed by atoms with Gasteiger partial charge in [0.25, 0.3) is 0 Å². The Morgan fingerprint density at radius 1 is 1.47 bits per heavy atom. The van der Waals surface area contributed by atoms with Crippen LogP contribution in [0.5, 0.6) is 0 Å². The van der Waals surface area contributed by atoms with Crippen molar-refractivity contribution in [1.29, 1.82) is 0 Å². The van der Waals surface area contributed by atoms with E-state index in [2.05, 4.69) is 39.8 Å². The van der Waals surface area contributed by atoms with E-state index in [4.69, 9.17) is 0 Å². The van der Waals surface area contributed by atoms with Crippen LogP contribution in [0.4, 0.5) is 0 Å². The van der Waals surface area contributed by atoms with Crippen molar-refractivity contribution in [3.63, 3.8) is 0 Å². The third-order valence-electron chi connectivity index (χ3n) is 3.05. The first-order valence-electron chi connectivity index (χ1n) is 6.97. The molecule has 0 unspecified atom stereocenters. The highest BCUT2D eigenvalue weighted by atomic mass is 15.3. The minimum absolute atomic E-state index is 0.491. The molecule has 1 aromatic rings. The van der Waals surface area contributed by atoms with Crippen LogP contribution in [-0.4, -0.2) is 34.9 Å². The maximum Gasteiger partial charge on any atom is 0.191 e. The highest BCUT2D eigenvalue weighted by Crippen LogP contribution is 2.08. The second-order valence-corrected chi connectivity index (χ2v) is 4.83. The van der Waals surface area contributed by atoms with Crippen LogP contribution in [-0.2, 0) is 6.54 Å².